The maximum Gasteiger partial charge on any atom is 0.345 e. The van der Waals surface area contributed by atoms with Crippen molar-refractivity contribution in [1.82, 2.24) is 5.32 Å². The van der Waals surface area contributed by atoms with Crippen LogP contribution in [-0.2, 0) is 14.1 Å². The van der Waals surface area contributed by atoms with E-state index in [4.69, 9.17) is 42.8 Å². The fourth-order valence-corrected chi connectivity index (χ4v) is 2.85. The minimum atomic E-state index is -4.10. The van der Waals surface area contributed by atoms with Crippen LogP contribution in [0.2, 0.25) is 10.0 Å². The number of benzene rings is 2. The van der Waals surface area contributed by atoms with Gasteiger partial charge in [0.15, 0.2) is 0 Å². The van der Waals surface area contributed by atoms with Crippen LogP contribution in [0.25, 0.3) is 0 Å². The number of halogens is 2. The van der Waals surface area contributed by atoms with Crippen LogP contribution in [0, 0.1) is 10.1 Å². The molecule has 32 heavy (non-hydrogen) atoms. The van der Waals surface area contributed by atoms with Gasteiger partial charge in [-0.2, -0.15) is 0 Å². The molecule has 0 heterocycles. The van der Waals surface area contributed by atoms with E-state index in [1.807, 2.05) is 0 Å². The number of rotatable bonds is 8. The minimum Gasteiger partial charge on any atom is -0.480 e. The Morgan fingerprint density at radius 2 is 1.84 bits per heavy atom. The summed E-state index contributed by atoms with van der Waals surface area (Å²) in [5.74, 6) is -1.47. The van der Waals surface area contributed by atoms with E-state index in [0.717, 1.165) is 13.2 Å². The van der Waals surface area contributed by atoms with Crippen LogP contribution in [0.3, 0.4) is 0 Å². The number of carboxylic acids is 1. The summed E-state index contributed by atoms with van der Waals surface area (Å²) < 4.78 is 20.1. The molecule has 2 aromatic rings. The van der Waals surface area contributed by atoms with Gasteiger partial charge in [-0.15, -0.1) is 0 Å². The Bertz CT molecular complexity index is 1040. The first kappa shape index (κ1) is 27.3. The summed E-state index contributed by atoms with van der Waals surface area (Å²) in [7, 11) is -2.96. The molecule has 0 radical (unpaired) electrons. The number of nitrogens with one attached hydrogen (secondary N) is 1. The zero-order chi connectivity index (χ0) is 24.5. The molecule has 0 aliphatic carbocycles. The van der Waals surface area contributed by atoms with Gasteiger partial charge in [0.2, 0.25) is 0 Å². The molecule has 0 saturated heterocycles. The Labute approximate surface area is 191 Å². The maximum absolute atomic E-state index is 11.6. The number of hydrogen-bond donors (Lipinski definition) is 4. The van der Waals surface area contributed by atoms with Crippen molar-refractivity contribution in [1.29, 1.82) is 0 Å². The third kappa shape index (κ3) is 9.60. The molecule has 2 aromatic carbocycles. The van der Waals surface area contributed by atoms with Crippen LogP contribution in [0.5, 0.6) is 11.5 Å². The second-order valence-corrected chi connectivity index (χ2v) is 8.24. The largest absolute Gasteiger partial charge is 0.480 e. The predicted molar refractivity (Wildman–Crippen MR) is 114 cm³/mol. The van der Waals surface area contributed by atoms with Gasteiger partial charge >= 0.3 is 19.5 Å². The Balaban J connectivity index is 0.000000433. The lowest BCUT2D eigenvalue weighted by atomic mass is 10.1. The standard InChI is InChI=1S/C14H9Cl2NO5.C3H8NO5P/c1-21-14(18)10-7-9(3-4-12(10)17(19)20)22-13-5-2-8(15)6-11(13)16;5-3(6)1-4-2-10(7,8)9/h2-7H,1H3;4H,1-2H2,(H,5,6)(H2,7,8,9). The van der Waals surface area contributed by atoms with Crippen molar-refractivity contribution >= 4 is 48.4 Å². The lowest BCUT2D eigenvalue weighted by Crippen LogP contribution is -2.23. The van der Waals surface area contributed by atoms with Crippen molar-refractivity contribution in [3.63, 3.8) is 0 Å². The summed E-state index contributed by atoms with van der Waals surface area (Å²) in [6, 6.07) is 8.35. The van der Waals surface area contributed by atoms with Gasteiger partial charge in [-0.3, -0.25) is 24.8 Å². The molecule has 0 spiro atoms. The van der Waals surface area contributed by atoms with Crippen molar-refractivity contribution in [2.75, 3.05) is 19.9 Å². The highest BCUT2D eigenvalue weighted by molar-refractivity contribution is 7.51. The third-order valence-electron chi connectivity index (χ3n) is 3.29. The number of nitro groups is 1. The Morgan fingerprint density at radius 3 is 2.34 bits per heavy atom. The first-order valence-corrected chi connectivity index (χ1v) is 10.9. The van der Waals surface area contributed by atoms with Gasteiger partial charge in [0.25, 0.3) is 5.69 Å². The number of aliphatic carboxylic acids is 1. The van der Waals surface area contributed by atoms with Gasteiger partial charge < -0.3 is 24.4 Å². The van der Waals surface area contributed by atoms with Crippen LogP contribution in [-0.4, -0.2) is 51.7 Å². The number of carbonyl (C=O) groups is 2. The number of carbonyl (C=O) groups excluding carboxylic acids is 1. The Kier molecular flexibility index (Phi) is 10.5. The average Bonchev–Trinajstić information content (AvgIpc) is 2.68. The zero-order valence-electron chi connectivity index (χ0n) is 16.2. The van der Waals surface area contributed by atoms with Gasteiger partial charge in [0.1, 0.15) is 17.1 Å². The van der Waals surface area contributed by atoms with E-state index in [2.05, 4.69) is 10.1 Å². The molecule has 2 rings (SSSR count). The molecule has 4 N–H and O–H groups in total. The summed E-state index contributed by atoms with van der Waals surface area (Å²) in [6.45, 7) is -0.439. The van der Waals surface area contributed by atoms with E-state index in [-0.39, 0.29) is 22.0 Å². The number of nitrogens with zero attached hydrogens (tertiary/aromatic N) is 1. The quantitative estimate of drug-likeness (QED) is 0.176. The lowest BCUT2D eigenvalue weighted by molar-refractivity contribution is -0.385. The van der Waals surface area contributed by atoms with Crippen molar-refractivity contribution in [2.24, 2.45) is 0 Å². The number of ether oxygens (including phenoxy) is 2. The molecular formula is C17H17Cl2N2O10P. The zero-order valence-corrected chi connectivity index (χ0v) is 18.6. The number of nitro benzene ring substituents is 1. The van der Waals surface area contributed by atoms with Crippen LogP contribution in [0.15, 0.2) is 36.4 Å². The Morgan fingerprint density at radius 1 is 1.19 bits per heavy atom. The molecule has 0 amide bonds. The van der Waals surface area contributed by atoms with Crippen LogP contribution in [0.4, 0.5) is 5.69 Å². The number of carboxylic acid groups (broad SMARTS) is 1. The summed E-state index contributed by atoms with van der Waals surface area (Å²) in [6.07, 6.45) is -0.598. The smallest absolute Gasteiger partial charge is 0.345 e. The monoisotopic (exact) mass is 510 g/mol. The average molecular weight is 511 g/mol. The Hall–Kier alpha value is -2.73. The highest BCUT2D eigenvalue weighted by atomic mass is 35.5. The van der Waals surface area contributed by atoms with Gasteiger partial charge in [0.05, 0.1) is 29.9 Å². The summed E-state index contributed by atoms with van der Waals surface area (Å²) in [5.41, 5.74) is -0.587. The lowest BCUT2D eigenvalue weighted by Gasteiger charge is -2.09. The van der Waals surface area contributed by atoms with Crippen LogP contribution < -0.4 is 10.1 Å². The second-order valence-electron chi connectivity index (χ2n) is 5.75. The molecule has 0 aromatic heterocycles. The molecule has 0 saturated carbocycles. The van der Waals surface area contributed by atoms with E-state index in [0.29, 0.717) is 10.8 Å². The van der Waals surface area contributed by atoms with E-state index >= 15 is 0 Å². The molecule has 0 aliphatic heterocycles. The predicted octanol–water partition coefficient (Wildman–Crippen LogP) is 3.28. The fourth-order valence-electron chi connectivity index (χ4n) is 2.00. The van der Waals surface area contributed by atoms with E-state index < -0.39 is 37.3 Å². The normalized spacial score (nSPS) is 10.5. The van der Waals surface area contributed by atoms with Gasteiger partial charge in [0, 0.05) is 17.2 Å². The molecule has 174 valence electrons. The van der Waals surface area contributed by atoms with Crippen molar-refractivity contribution < 1.29 is 43.4 Å². The van der Waals surface area contributed by atoms with Gasteiger partial charge in [-0.05, 0) is 24.3 Å². The van der Waals surface area contributed by atoms with Crippen LogP contribution >= 0.6 is 30.8 Å². The minimum absolute atomic E-state index is 0.204. The first-order chi connectivity index (χ1) is 14.8. The molecule has 0 fully saturated rings. The topological polar surface area (TPSA) is 186 Å². The van der Waals surface area contributed by atoms with E-state index in [1.54, 1.807) is 12.1 Å². The maximum atomic E-state index is 11.6. The highest BCUT2D eigenvalue weighted by Gasteiger charge is 2.22. The molecule has 0 atom stereocenters. The van der Waals surface area contributed by atoms with E-state index in [9.17, 15) is 24.3 Å². The van der Waals surface area contributed by atoms with Gasteiger partial charge in [-0.25, -0.2) is 4.79 Å². The summed E-state index contributed by atoms with van der Waals surface area (Å²) in [5, 5.41) is 21.7. The molecule has 0 bridgehead atoms. The van der Waals surface area contributed by atoms with Crippen molar-refractivity contribution in [2.45, 2.75) is 0 Å². The molecular weight excluding hydrogens is 494 g/mol. The fraction of sp³-hybridized carbons (Fsp3) is 0.176. The molecule has 15 heteroatoms. The number of hydrogen-bond acceptors (Lipinski definition) is 8. The number of methoxy groups -OCH3 is 1. The summed E-state index contributed by atoms with van der Waals surface area (Å²) in [4.78, 5) is 48.0. The third-order valence-corrected chi connectivity index (χ3v) is 4.45. The second kappa shape index (κ2) is 12.3. The molecule has 12 nitrogen and oxygen atoms in total. The molecule has 0 unspecified atom stereocenters. The van der Waals surface area contributed by atoms with Crippen LogP contribution in [0.1, 0.15) is 10.4 Å². The highest BCUT2D eigenvalue weighted by Crippen LogP contribution is 2.34. The van der Waals surface area contributed by atoms with Crippen molar-refractivity contribution in [3.05, 3.63) is 62.1 Å². The van der Waals surface area contributed by atoms with Gasteiger partial charge in [-0.1, -0.05) is 23.2 Å². The van der Waals surface area contributed by atoms with E-state index in [1.165, 1.54) is 18.2 Å². The SMILES string of the molecule is COC(=O)c1cc(Oc2ccc(Cl)cc2Cl)ccc1[N+](=O)[O-].O=C(O)CNCP(=O)(O)O. The van der Waals surface area contributed by atoms with Crippen molar-refractivity contribution in [3.8, 4) is 11.5 Å². The summed E-state index contributed by atoms with van der Waals surface area (Å²) >= 11 is 11.8. The number of esters is 1. The first-order valence-electron chi connectivity index (χ1n) is 8.30. The molecule has 0 aliphatic rings.